The number of fused-ring (bicyclic) bond motifs is 1. The molecule has 3 rings (SSSR count). The molecule has 3 atom stereocenters. The Hall–Kier alpha value is -1.13. The predicted molar refractivity (Wildman–Crippen MR) is 82.8 cm³/mol. The lowest BCUT2D eigenvalue weighted by atomic mass is 9.46. The van der Waals surface area contributed by atoms with Gasteiger partial charge in [0.15, 0.2) is 0 Å². The number of ether oxygens (including phenoxy) is 1. The molecule has 0 bridgehead atoms. The van der Waals surface area contributed by atoms with E-state index in [0.29, 0.717) is 5.92 Å². The van der Waals surface area contributed by atoms with E-state index in [1.807, 2.05) is 7.05 Å². The van der Waals surface area contributed by atoms with Gasteiger partial charge in [0.1, 0.15) is 5.82 Å². The van der Waals surface area contributed by atoms with Crippen molar-refractivity contribution < 1.29 is 9.13 Å². The quantitative estimate of drug-likeness (QED) is 0.931. The number of rotatable bonds is 3. The SMILES string of the molecule is CN(CC1(N)C2CCCOC2C1(C)C)c1ccc(F)cc1. The largest absolute Gasteiger partial charge is 0.377 e. The summed E-state index contributed by atoms with van der Waals surface area (Å²) < 4.78 is 19.0. The molecule has 3 nitrogen and oxygen atoms in total. The van der Waals surface area contributed by atoms with Gasteiger partial charge in [-0.25, -0.2) is 4.39 Å². The third kappa shape index (κ3) is 2.16. The molecular formula is C17H25FN2O. The number of halogens is 1. The van der Waals surface area contributed by atoms with Crippen LogP contribution in [0.15, 0.2) is 24.3 Å². The molecule has 1 aliphatic carbocycles. The minimum absolute atomic E-state index is 0.0353. The molecule has 1 saturated heterocycles. The summed E-state index contributed by atoms with van der Waals surface area (Å²) in [5, 5.41) is 0. The Morgan fingerprint density at radius 3 is 2.67 bits per heavy atom. The second-order valence-corrected chi connectivity index (χ2v) is 7.13. The smallest absolute Gasteiger partial charge is 0.123 e. The zero-order chi connectivity index (χ0) is 15.3. The number of benzene rings is 1. The van der Waals surface area contributed by atoms with Gasteiger partial charge in [0.25, 0.3) is 0 Å². The van der Waals surface area contributed by atoms with E-state index in [4.69, 9.17) is 10.5 Å². The third-order valence-electron chi connectivity index (χ3n) is 5.66. The van der Waals surface area contributed by atoms with Crippen LogP contribution in [0.3, 0.4) is 0 Å². The van der Waals surface area contributed by atoms with Gasteiger partial charge >= 0.3 is 0 Å². The lowest BCUT2D eigenvalue weighted by Gasteiger charge is -2.67. The number of anilines is 1. The first kappa shape index (κ1) is 14.8. The van der Waals surface area contributed by atoms with E-state index >= 15 is 0 Å². The number of likely N-dealkylation sites (N-methyl/N-ethyl adjacent to an activating group) is 1. The molecule has 0 spiro atoms. The number of nitrogens with zero attached hydrogens (tertiary/aromatic N) is 1. The normalized spacial score (nSPS) is 34.0. The van der Waals surface area contributed by atoms with Crippen molar-refractivity contribution in [3.8, 4) is 0 Å². The molecule has 1 aromatic carbocycles. The van der Waals surface area contributed by atoms with Gasteiger partial charge in [0.05, 0.1) is 6.10 Å². The summed E-state index contributed by atoms with van der Waals surface area (Å²) >= 11 is 0. The van der Waals surface area contributed by atoms with Crippen LogP contribution in [-0.2, 0) is 4.74 Å². The van der Waals surface area contributed by atoms with Crippen molar-refractivity contribution in [1.29, 1.82) is 0 Å². The van der Waals surface area contributed by atoms with Crippen molar-refractivity contribution in [3.05, 3.63) is 30.1 Å². The van der Waals surface area contributed by atoms with Gasteiger partial charge in [-0.3, -0.25) is 0 Å². The molecule has 1 heterocycles. The first-order valence-electron chi connectivity index (χ1n) is 7.73. The number of hydrogen-bond donors (Lipinski definition) is 1. The van der Waals surface area contributed by atoms with Gasteiger partial charge in [0, 0.05) is 42.8 Å². The van der Waals surface area contributed by atoms with Crippen LogP contribution >= 0.6 is 0 Å². The fourth-order valence-electron chi connectivity index (χ4n) is 4.17. The van der Waals surface area contributed by atoms with E-state index < -0.39 is 0 Å². The molecule has 2 aliphatic rings. The molecule has 116 valence electrons. The maximum Gasteiger partial charge on any atom is 0.123 e. The Balaban J connectivity index is 1.78. The van der Waals surface area contributed by atoms with Gasteiger partial charge in [-0.1, -0.05) is 13.8 Å². The van der Waals surface area contributed by atoms with E-state index in [0.717, 1.165) is 31.7 Å². The second kappa shape index (κ2) is 4.96. The fourth-order valence-corrected chi connectivity index (χ4v) is 4.17. The first-order chi connectivity index (χ1) is 9.86. The molecule has 0 radical (unpaired) electrons. The van der Waals surface area contributed by atoms with Crippen molar-refractivity contribution in [1.82, 2.24) is 0 Å². The lowest BCUT2D eigenvalue weighted by Crippen LogP contribution is -2.80. The highest BCUT2D eigenvalue weighted by Crippen LogP contribution is 2.57. The standard InChI is InChI=1S/C17H25FN2O/c1-16(2)15-14(5-4-10-21-15)17(16,19)11-20(3)13-8-6-12(18)7-9-13/h6-9,14-15H,4-5,10-11,19H2,1-3H3. The number of hydrogen-bond acceptors (Lipinski definition) is 3. The van der Waals surface area contributed by atoms with Crippen LogP contribution in [-0.4, -0.2) is 31.8 Å². The zero-order valence-electron chi connectivity index (χ0n) is 13.1. The minimum Gasteiger partial charge on any atom is -0.377 e. The van der Waals surface area contributed by atoms with Crippen LogP contribution in [0.5, 0.6) is 0 Å². The molecule has 2 N–H and O–H groups in total. The van der Waals surface area contributed by atoms with Crippen LogP contribution in [0.2, 0.25) is 0 Å². The Kier molecular flexibility index (Phi) is 3.49. The minimum atomic E-state index is -0.263. The van der Waals surface area contributed by atoms with Crippen molar-refractivity contribution in [2.24, 2.45) is 17.1 Å². The maximum atomic E-state index is 13.0. The van der Waals surface area contributed by atoms with E-state index in [-0.39, 0.29) is 22.9 Å². The van der Waals surface area contributed by atoms with Crippen LogP contribution in [0.4, 0.5) is 10.1 Å². The highest BCUT2D eigenvalue weighted by molar-refractivity contribution is 5.46. The van der Waals surface area contributed by atoms with Gasteiger partial charge < -0.3 is 15.4 Å². The fraction of sp³-hybridized carbons (Fsp3) is 0.647. The summed E-state index contributed by atoms with van der Waals surface area (Å²) in [6, 6.07) is 6.60. The predicted octanol–water partition coefficient (Wildman–Crippen LogP) is 2.79. The van der Waals surface area contributed by atoms with Crippen molar-refractivity contribution in [2.75, 3.05) is 25.1 Å². The van der Waals surface area contributed by atoms with Crippen molar-refractivity contribution in [2.45, 2.75) is 38.3 Å². The Bertz CT molecular complexity index is 516. The molecule has 4 heteroatoms. The van der Waals surface area contributed by atoms with E-state index in [9.17, 15) is 4.39 Å². The Labute approximate surface area is 126 Å². The average Bonchev–Trinajstić information content (AvgIpc) is 2.47. The molecule has 21 heavy (non-hydrogen) atoms. The lowest BCUT2D eigenvalue weighted by molar-refractivity contribution is -0.224. The summed E-state index contributed by atoms with van der Waals surface area (Å²) in [5.74, 6) is 0.212. The molecule has 2 fully saturated rings. The summed E-state index contributed by atoms with van der Waals surface area (Å²) in [6.45, 7) is 6.03. The molecular weight excluding hydrogens is 267 g/mol. The van der Waals surface area contributed by atoms with Crippen LogP contribution in [0, 0.1) is 17.2 Å². The van der Waals surface area contributed by atoms with Crippen molar-refractivity contribution in [3.63, 3.8) is 0 Å². The number of nitrogens with two attached hydrogens (primary N) is 1. The molecule has 1 aliphatic heterocycles. The van der Waals surface area contributed by atoms with E-state index in [1.165, 1.54) is 12.1 Å². The molecule has 0 amide bonds. The monoisotopic (exact) mass is 292 g/mol. The van der Waals surface area contributed by atoms with Gasteiger partial charge in [-0.2, -0.15) is 0 Å². The van der Waals surface area contributed by atoms with Gasteiger partial charge in [-0.05, 0) is 37.1 Å². The summed E-state index contributed by atoms with van der Waals surface area (Å²) in [5.41, 5.74) is 7.51. The summed E-state index contributed by atoms with van der Waals surface area (Å²) in [6.07, 6.45) is 2.51. The topological polar surface area (TPSA) is 38.5 Å². The summed E-state index contributed by atoms with van der Waals surface area (Å²) in [7, 11) is 2.02. The van der Waals surface area contributed by atoms with Crippen molar-refractivity contribution >= 4 is 5.69 Å². The van der Waals surface area contributed by atoms with Crippen LogP contribution in [0.25, 0.3) is 0 Å². The molecule has 0 aromatic heterocycles. The van der Waals surface area contributed by atoms with Crippen LogP contribution < -0.4 is 10.6 Å². The van der Waals surface area contributed by atoms with E-state index in [2.05, 4.69) is 18.7 Å². The summed E-state index contributed by atoms with van der Waals surface area (Å²) in [4.78, 5) is 2.13. The highest BCUT2D eigenvalue weighted by Gasteiger charge is 2.66. The highest BCUT2D eigenvalue weighted by atomic mass is 19.1. The average molecular weight is 292 g/mol. The second-order valence-electron chi connectivity index (χ2n) is 7.13. The van der Waals surface area contributed by atoms with Crippen LogP contribution in [0.1, 0.15) is 26.7 Å². The molecule has 1 aromatic rings. The third-order valence-corrected chi connectivity index (χ3v) is 5.66. The van der Waals surface area contributed by atoms with Gasteiger partial charge in [0.2, 0.25) is 0 Å². The Morgan fingerprint density at radius 1 is 1.33 bits per heavy atom. The molecule has 3 unspecified atom stereocenters. The Morgan fingerprint density at radius 2 is 2.00 bits per heavy atom. The maximum absolute atomic E-state index is 13.0. The molecule has 1 saturated carbocycles. The first-order valence-corrected chi connectivity index (χ1v) is 7.73. The van der Waals surface area contributed by atoms with E-state index in [1.54, 1.807) is 12.1 Å². The zero-order valence-corrected chi connectivity index (χ0v) is 13.1. The van der Waals surface area contributed by atoms with Gasteiger partial charge in [-0.15, -0.1) is 0 Å².